The first-order chi connectivity index (χ1) is 11.1. The van der Waals surface area contributed by atoms with Crippen molar-refractivity contribution in [3.8, 4) is 0 Å². The lowest BCUT2D eigenvalue weighted by Crippen LogP contribution is -2.11. The molecule has 3 aromatic rings. The predicted molar refractivity (Wildman–Crippen MR) is 90.1 cm³/mol. The first-order valence-corrected chi connectivity index (χ1v) is 7.07. The van der Waals surface area contributed by atoms with Crippen LogP contribution in [0.2, 0.25) is 0 Å². The smallest absolute Gasteiger partial charge is 0.221 e. The molecule has 0 atom stereocenters. The van der Waals surface area contributed by atoms with Crippen LogP contribution in [-0.2, 0) is 4.79 Å². The predicted octanol–water partition coefficient (Wildman–Crippen LogP) is 2.37. The summed E-state index contributed by atoms with van der Waals surface area (Å²) in [5.41, 5.74) is 3.07. The molecule has 2 aromatic heterocycles. The number of hydrogen-bond donors (Lipinski definition) is 4. The Labute approximate surface area is 132 Å². The van der Waals surface area contributed by atoms with Crippen LogP contribution in [0.1, 0.15) is 18.1 Å². The number of aromatic nitrogens is 3. The quantitative estimate of drug-likeness (QED) is 0.555. The molecule has 7 heteroatoms. The van der Waals surface area contributed by atoms with Crippen LogP contribution >= 0.6 is 0 Å². The number of aromatic amines is 1. The zero-order valence-corrected chi connectivity index (χ0v) is 12.8. The Balaban J connectivity index is 2.10. The third-order valence-corrected chi connectivity index (χ3v) is 3.47. The van der Waals surface area contributed by atoms with E-state index >= 15 is 0 Å². The standard InChI is InChI=1S/C16H16N6O/c1-9(23)21-10-6-12(16(18-2)19-7-10)15(17)11-4-3-5-14-13(11)8-20-22-14/h3-8,17H,1-2H3,(H,18,19)(H,20,22)(H,21,23). The average molecular weight is 308 g/mol. The van der Waals surface area contributed by atoms with Crippen molar-refractivity contribution in [2.24, 2.45) is 0 Å². The Morgan fingerprint density at radius 3 is 2.83 bits per heavy atom. The number of carbonyl (C=O) groups is 1. The Bertz CT molecular complexity index is 898. The lowest BCUT2D eigenvalue weighted by atomic mass is 9.99. The Kier molecular flexibility index (Phi) is 3.76. The maximum absolute atomic E-state index is 11.2. The fourth-order valence-corrected chi connectivity index (χ4v) is 2.46. The van der Waals surface area contributed by atoms with Crippen molar-refractivity contribution in [2.75, 3.05) is 17.7 Å². The van der Waals surface area contributed by atoms with Crippen molar-refractivity contribution in [1.82, 2.24) is 15.2 Å². The van der Waals surface area contributed by atoms with Crippen LogP contribution in [0.25, 0.3) is 10.9 Å². The van der Waals surface area contributed by atoms with Gasteiger partial charge in [-0.15, -0.1) is 0 Å². The summed E-state index contributed by atoms with van der Waals surface area (Å²) < 4.78 is 0. The minimum absolute atomic E-state index is 0.182. The summed E-state index contributed by atoms with van der Waals surface area (Å²) in [6.07, 6.45) is 3.26. The Hall–Kier alpha value is -3.22. The van der Waals surface area contributed by atoms with E-state index in [9.17, 15) is 4.79 Å². The Morgan fingerprint density at radius 2 is 2.09 bits per heavy atom. The molecule has 116 valence electrons. The van der Waals surface area contributed by atoms with Crippen molar-refractivity contribution in [3.05, 3.63) is 47.8 Å². The molecule has 0 unspecified atom stereocenters. The van der Waals surface area contributed by atoms with Gasteiger partial charge in [-0.1, -0.05) is 12.1 Å². The fourth-order valence-electron chi connectivity index (χ4n) is 2.46. The minimum atomic E-state index is -0.182. The number of carbonyl (C=O) groups excluding carboxylic acids is 1. The molecule has 0 bridgehead atoms. The van der Waals surface area contributed by atoms with Gasteiger partial charge in [0, 0.05) is 30.5 Å². The molecule has 3 rings (SSSR count). The summed E-state index contributed by atoms with van der Waals surface area (Å²) in [4.78, 5) is 15.5. The van der Waals surface area contributed by atoms with Crippen LogP contribution in [-0.4, -0.2) is 33.8 Å². The third-order valence-electron chi connectivity index (χ3n) is 3.47. The normalized spacial score (nSPS) is 10.5. The summed E-state index contributed by atoms with van der Waals surface area (Å²) in [7, 11) is 1.75. The van der Waals surface area contributed by atoms with E-state index in [0.717, 1.165) is 16.5 Å². The van der Waals surface area contributed by atoms with Crippen LogP contribution in [0, 0.1) is 5.41 Å². The number of H-pyrrole nitrogens is 1. The van der Waals surface area contributed by atoms with Crippen molar-refractivity contribution < 1.29 is 4.79 Å². The molecule has 2 heterocycles. The summed E-state index contributed by atoms with van der Waals surface area (Å²) in [5.74, 6) is 0.392. The highest BCUT2D eigenvalue weighted by atomic mass is 16.1. The average Bonchev–Trinajstić information content (AvgIpc) is 3.02. The van der Waals surface area contributed by atoms with Gasteiger partial charge in [0.2, 0.25) is 5.91 Å². The number of amides is 1. The summed E-state index contributed by atoms with van der Waals surface area (Å²) in [6.45, 7) is 1.43. The van der Waals surface area contributed by atoms with Crippen LogP contribution in [0.5, 0.6) is 0 Å². The van der Waals surface area contributed by atoms with Crippen LogP contribution in [0.4, 0.5) is 11.5 Å². The van der Waals surface area contributed by atoms with E-state index < -0.39 is 0 Å². The zero-order chi connectivity index (χ0) is 16.4. The highest BCUT2D eigenvalue weighted by molar-refractivity contribution is 6.19. The van der Waals surface area contributed by atoms with E-state index in [1.165, 1.54) is 6.92 Å². The van der Waals surface area contributed by atoms with Crippen molar-refractivity contribution in [3.63, 3.8) is 0 Å². The van der Waals surface area contributed by atoms with Gasteiger partial charge in [-0.25, -0.2) is 4.98 Å². The molecule has 0 spiro atoms. The first-order valence-electron chi connectivity index (χ1n) is 7.07. The minimum Gasteiger partial charge on any atom is -0.373 e. The van der Waals surface area contributed by atoms with Gasteiger partial charge >= 0.3 is 0 Å². The first kappa shape index (κ1) is 14.7. The number of pyridine rings is 1. The largest absolute Gasteiger partial charge is 0.373 e. The topological polar surface area (TPSA) is 107 Å². The van der Waals surface area contributed by atoms with Crippen LogP contribution in [0.15, 0.2) is 36.7 Å². The molecular weight excluding hydrogens is 292 g/mol. The fraction of sp³-hybridized carbons (Fsp3) is 0.125. The van der Waals surface area contributed by atoms with Crippen LogP contribution < -0.4 is 10.6 Å². The van der Waals surface area contributed by atoms with E-state index in [0.29, 0.717) is 22.8 Å². The number of rotatable bonds is 4. The SMILES string of the molecule is CNc1ncc(NC(C)=O)cc1C(=N)c1cccc2[nH]ncc12. The summed E-state index contributed by atoms with van der Waals surface area (Å²) in [6, 6.07) is 7.38. The van der Waals surface area contributed by atoms with E-state index in [1.54, 1.807) is 25.5 Å². The van der Waals surface area contributed by atoms with Gasteiger partial charge in [0.05, 0.1) is 29.3 Å². The summed E-state index contributed by atoms with van der Waals surface area (Å²) in [5, 5.41) is 22.0. The molecule has 0 saturated carbocycles. The van der Waals surface area contributed by atoms with Gasteiger partial charge in [-0.3, -0.25) is 15.3 Å². The van der Waals surface area contributed by atoms with Gasteiger partial charge in [0.1, 0.15) is 5.82 Å². The second-order valence-corrected chi connectivity index (χ2v) is 5.06. The molecule has 23 heavy (non-hydrogen) atoms. The second kappa shape index (κ2) is 5.88. The molecular formula is C16H16N6O. The molecule has 0 saturated heterocycles. The van der Waals surface area contributed by atoms with E-state index in [-0.39, 0.29) is 5.91 Å². The molecule has 4 N–H and O–H groups in total. The lowest BCUT2D eigenvalue weighted by molar-refractivity contribution is -0.114. The van der Waals surface area contributed by atoms with Gasteiger partial charge in [-0.05, 0) is 12.1 Å². The molecule has 0 aliphatic rings. The highest BCUT2D eigenvalue weighted by Gasteiger charge is 2.15. The molecule has 0 fully saturated rings. The number of fused-ring (bicyclic) bond motifs is 1. The number of nitrogens with zero attached hydrogens (tertiary/aromatic N) is 2. The zero-order valence-electron chi connectivity index (χ0n) is 12.8. The molecule has 7 nitrogen and oxygen atoms in total. The van der Waals surface area contributed by atoms with Gasteiger partial charge in [-0.2, -0.15) is 5.10 Å². The maximum atomic E-state index is 11.2. The van der Waals surface area contributed by atoms with Crippen molar-refractivity contribution in [2.45, 2.75) is 6.92 Å². The highest BCUT2D eigenvalue weighted by Crippen LogP contribution is 2.24. The molecule has 0 aliphatic carbocycles. The maximum Gasteiger partial charge on any atom is 0.221 e. The monoisotopic (exact) mass is 308 g/mol. The van der Waals surface area contributed by atoms with Crippen molar-refractivity contribution >= 4 is 34.0 Å². The van der Waals surface area contributed by atoms with Gasteiger partial charge < -0.3 is 10.6 Å². The number of anilines is 2. The van der Waals surface area contributed by atoms with E-state index in [2.05, 4.69) is 25.8 Å². The third kappa shape index (κ3) is 2.76. The number of hydrogen-bond acceptors (Lipinski definition) is 5. The number of benzene rings is 1. The molecule has 1 amide bonds. The Morgan fingerprint density at radius 1 is 1.26 bits per heavy atom. The van der Waals surface area contributed by atoms with E-state index in [1.807, 2.05) is 18.2 Å². The molecule has 0 aliphatic heterocycles. The lowest BCUT2D eigenvalue weighted by Gasteiger charge is -2.12. The van der Waals surface area contributed by atoms with Gasteiger partial charge in [0.25, 0.3) is 0 Å². The van der Waals surface area contributed by atoms with Crippen molar-refractivity contribution in [1.29, 1.82) is 5.41 Å². The summed E-state index contributed by atoms with van der Waals surface area (Å²) >= 11 is 0. The van der Waals surface area contributed by atoms with E-state index in [4.69, 9.17) is 5.41 Å². The van der Waals surface area contributed by atoms with Crippen LogP contribution in [0.3, 0.4) is 0 Å². The molecule has 0 radical (unpaired) electrons. The molecule has 1 aromatic carbocycles. The number of nitrogens with one attached hydrogen (secondary N) is 4. The van der Waals surface area contributed by atoms with Gasteiger partial charge in [0.15, 0.2) is 0 Å². The second-order valence-electron chi connectivity index (χ2n) is 5.06.